The number of carbonyl (C=O) groups is 1. The van der Waals surface area contributed by atoms with Crippen molar-refractivity contribution in [1.82, 2.24) is 0 Å². The number of benzene rings is 1. The molecule has 0 bridgehead atoms. The Morgan fingerprint density at radius 1 is 0.909 bits per heavy atom. The Kier molecular flexibility index (Phi) is 8.58. The fourth-order valence-corrected chi connectivity index (χ4v) is 3.67. The Morgan fingerprint density at radius 3 is 2.06 bits per heavy atom. The van der Waals surface area contributed by atoms with Gasteiger partial charge in [0.25, 0.3) is 0 Å². The average molecular weight is 466 g/mol. The third kappa shape index (κ3) is 6.53. The molecule has 0 atom stereocenters. The van der Waals surface area contributed by atoms with Gasteiger partial charge in [0, 0.05) is 6.08 Å². The van der Waals surface area contributed by atoms with Gasteiger partial charge in [0.15, 0.2) is 0 Å². The zero-order chi connectivity index (χ0) is 24.9. The molecule has 0 N–H and O–H groups in total. The predicted octanol–water partition coefficient (Wildman–Crippen LogP) is 7.82. The lowest BCUT2D eigenvalue weighted by molar-refractivity contribution is -0.129. The summed E-state index contributed by atoms with van der Waals surface area (Å²) in [5.41, 5.74) is 4.16. The zero-order valence-electron chi connectivity index (χ0n) is 19.3. The van der Waals surface area contributed by atoms with Crippen molar-refractivity contribution < 1.29 is 31.5 Å². The molecule has 0 aliphatic heterocycles. The Bertz CT molecular complexity index is 1060. The summed E-state index contributed by atoms with van der Waals surface area (Å²) in [6.07, 6.45) is 13.5. The highest BCUT2D eigenvalue weighted by molar-refractivity contribution is 5.85. The van der Waals surface area contributed by atoms with E-state index in [2.05, 4.69) is 31.6 Å². The van der Waals surface area contributed by atoms with E-state index in [9.17, 15) is 26.7 Å². The third-order valence-corrected chi connectivity index (χ3v) is 5.49. The molecule has 33 heavy (non-hydrogen) atoms. The quantitative estimate of drug-likeness (QED) is 0.0813. The number of esters is 1. The van der Waals surface area contributed by atoms with Crippen LogP contribution in [0.4, 0.5) is 22.0 Å². The molecule has 0 amide bonds. The lowest BCUT2D eigenvalue weighted by Gasteiger charge is -2.32. The zero-order valence-corrected chi connectivity index (χ0v) is 19.3. The topological polar surface area (TPSA) is 26.3 Å². The van der Waals surface area contributed by atoms with Crippen molar-refractivity contribution in [2.24, 2.45) is 5.41 Å². The van der Waals surface area contributed by atoms with Gasteiger partial charge in [-0.3, -0.25) is 0 Å². The van der Waals surface area contributed by atoms with Crippen molar-refractivity contribution in [2.75, 3.05) is 0 Å². The highest BCUT2D eigenvalue weighted by Gasteiger charge is 2.28. The van der Waals surface area contributed by atoms with Crippen LogP contribution in [0.1, 0.15) is 53.9 Å². The second kappa shape index (κ2) is 10.8. The molecule has 0 saturated heterocycles. The van der Waals surface area contributed by atoms with Gasteiger partial charge < -0.3 is 4.74 Å². The summed E-state index contributed by atoms with van der Waals surface area (Å²) in [5.74, 6) is -14.0. The molecular formula is C26H27F5O2. The van der Waals surface area contributed by atoms with Crippen molar-refractivity contribution in [3.05, 3.63) is 87.8 Å². The van der Waals surface area contributed by atoms with E-state index in [4.69, 9.17) is 0 Å². The van der Waals surface area contributed by atoms with E-state index < -0.39 is 40.8 Å². The molecule has 2 nitrogen and oxygen atoms in total. The first kappa shape index (κ1) is 26.3. The Hall–Kier alpha value is -2.96. The van der Waals surface area contributed by atoms with Crippen molar-refractivity contribution >= 4 is 5.97 Å². The van der Waals surface area contributed by atoms with Crippen molar-refractivity contribution in [2.45, 2.75) is 53.9 Å². The minimum Gasteiger partial charge on any atom is -0.417 e. The van der Waals surface area contributed by atoms with Crippen LogP contribution >= 0.6 is 0 Å². The fraction of sp³-hybridized carbons (Fsp3) is 0.346. The fourth-order valence-electron chi connectivity index (χ4n) is 3.67. The van der Waals surface area contributed by atoms with Crippen LogP contribution in [0.2, 0.25) is 0 Å². The molecule has 1 aromatic rings. The van der Waals surface area contributed by atoms with Crippen LogP contribution in [0.15, 0.2) is 58.7 Å². The Morgan fingerprint density at radius 2 is 1.48 bits per heavy atom. The van der Waals surface area contributed by atoms with E-state index in [-0.39, 0.29) is 5.41 Å². The van der Waals surface area contributed by atoms with E-state index in [1.165, 1.54) is 24.5 Å². The van der Waals surface area contributed by atoms with Gasteiger partial charge in [-0.1, -0.05) is 55.4 Å². The summed E-state index contributed by atoms with van der Waals surface area (Å²) in [6.45, 7) is 10.1. The van der Waals surface area contributed by atoms with Crippen LogP contribution in [0, 0.1) is 34.5 Å². The van der Waals surface area contributed by atoms with Gasteiger partial charge in [-0.2, -0.15) is 8.78 Å². The molecule has 1 aromatic carbocycles. The largest absolute Gasteiger partial charge is 0.417 e. The average Bonchev–Trinajstić information content (AvgIpc) is 2.73. The van der Waals surface area contributed by atoms with Crippen LogP contribution in [0.5, 0.6) is 5.75 Å². The lowest BCUT2D eigenvalue weighted by atomic mass is 9.72. The maximum Gasteiger partial charge on any atom is 0.336 e. The SMILES string of the molecule is CC1=C(/C=C/C(C)=C/C=C/C(C)=C\C(=O)Oc2c(F)c(F)c(F)c(F)c2F)C(C)(C)CCC1. The molecule has 0 fully saturated rings. The molecule has 7 heteroatoms. The summed E-state index contributed by atoms with van der Waals surface area (Å²) < 4.78 is 71.1. The highest BCUT2D eigenvalue weighted by Crippen LogP contribution is 2.40. The summed E-state index contributed by atoms with van der Waals surface area (Å²) >= 11 is 0. The first-order valence-electron chi connectivity index (χ1n) is 10.5. The number of carbonyl (C=O) groups excluding carboxylic acids is 1. The third-order valence-electron chi connectivity index (χ3n) is 5.49. The van der Waals surface area contributed by atoms with Gasteiger partial charge >= 0.3 is 5.97 Å². The van der Waals surface area contributed by atoms with Gasteiger partial charge in [0.2, 0.25) is 34.8 Å². The van der Waals surface area contributed by atoms with Gasteiger partial charge in [0.05, 0.1) is 0 Å². The van der Waals surface area contributed by atoms with Gasteiger partial charge in [-0.25, -0.2) is 18.0 Å². The normalized spacial score (nSPS) is 17.4. The molecule has 0 aromatic heterocycles. The first-order valence-corrected chi connectivity index (χ1v) is 10.5. The molecule has 0 unspecified atom stereocenters. The number of ether oxygens (including phenoxy) is 1. The van der Waals surface area contributed by atoms with Crippen LogP contribution in [-0.4, -0.2) is 5.97 Å². The van der Waals surface area contributed by atoms with E-state index in [0.29, 0.717) is 5.57 Å². The second-order valence-corrected chi connectivity index (χ2v) is 8.74. The van der Waals surface area contributed by atoms with Gasteiger partial charge in [-0.05, 0) is 56.6 Å². The molecule has 2 rings (SSSR count). The number of rotatable bonds is 6. The smallest absolute Gasteiger partial charge is 0.336 e. The Labute approximate surface area is 190 Å². The predicted molar refractivity (Wildman–Crippen MR) is 118 cm³/mol. The molecule has 0 saturated carbocycles. The maximum absolute atomic E-state index is 13.6. The second-order valence-electron chi connectivity index (χ2n) is 8.74. The molecule has 1 aliphatic rings. The van der Waals surface area contributed by atoms with Gasteiger partial charge in [-0.15, -0.1) is 0 Å². The first-order chi connectivity index (χ1) is 15.3. The molecule has 0 heterocycles. The lowest BCUT2D eigenvalue weighted by Crippen LogP contribution is -2.19. The van der Waals surface area contributed by atoms with E-state index in [1.54, 1.807) is 12.2 Å². The number of allylic oxidation sites excluding steroid dienone is 9. The molecule has 0 spiro atoms. The molecule has 178 valence electrons. The van der Waals surface area contributed by atoms with E-state index in [1.807, 2.05) is 19.1 Å². The molecule has 1 aliphatic carbocycles. The van der Waals surface area contributed by atoms with E-state index in [0.717, 1.165) is 24.5 Å². The van der Waals surface area contributed by atoms with E-state index >= 15 is 0 Å². The monoisotopic (exact) mass is 466 g/mol. The summed E-state index contributed by atoms with van der Waals surface area (Å²) in [6, 6.07) is 0. The summed E-state index contributed by atoms with van der Waals surface area (Å²) in [7, 11) is 0. The molecular weight excluding hydrogens is 439 g/mol. The number of halogens is 5. The maximum atomic E-state index is 13.6. The van der Waals surface area contributed by atoms with Gasteiger partial charge in [0.1, 0.15) is 0 Å². The minimum absolute atomic E-state index is 0.129. The standard InChI is InChI=1S/C26H27F5O2/c1-15(11-12-18-17(3)10-7-13-26(18,4)5)8-6-9-16(2)14-19(32)33-25-23(30)21(28)20(27)22(29)24(25)31/h6,8-9,11-12,14H,7,10,13H2,1-5H3/b9-6+,12-11+,15-8+,16-14-. The van der Waals surface area contributed by atoms with Crippen LogP contribution < -0.4 is 4.74 Å². The Balaban J connectivity index is 2.08. The van der Waals surface area contributed by atoms with Crippen molar-refractivity contribution in [1.29, 1.82) is 0 Å². The number of hydrogen-bond acceptors (Lipinski definition) is 2. The van der Waals surface area contributed by atoms with Crippen LogP contribution in [0.25, 0.3) is 0 Å². The number of hydrogen-bond donors (Lipinski definition) is 0. The molecule has 0 radical (unpaired) electrons. The minimum atomic E-state index is -2.32. The van der Waals surface area contributed by atoms with Crippen molar-refractivity contribution in [3.63, 3.8) is 0 Å². The highest BCUT2D eigenvalue weighted by atomic mass is 19.2. The van der Waals surface area contributed by atoms with Crippen molar-refractivity contribution in [3.8, 4) is 5.75 Å². The van der Waals surface area contributed by atoms with Crippen LogP contribution in [-0.2, 0) is 4.79 Å². The summed E-state index contributed by atoms with van der Waals surface area (Å²) in [4.78, 5) is 11.9. The van der Waals surface area contributed by atoms with Crippen LogP contribution in [0.3, 0.4) is 0 Å². The summed E-state index contributed by atoms with van der Waals surface area (Å²) in [5, 5.41) is 0.